The zero-order chi connectivity index (χ0) is 27.2. The molecule has 1 fully saturated rings. The molecule has 0 bridgehead atoms. The van der Waals surface area contributed by atoms with Gasteiger partial charge in [-0.3, -0.25) is 13.9 Å². The highest BCUT2D eigenvalue weighted by molar-refractivity contribution is 7.92. The quantitative estimate of drug-likeness (QED) is 0.474. The van der Waals surface area contributed by atoms with Gasteiger partial charge in [-0.1, -0.05) is 25.0 Å². The molecule has 1 aliphatic carbocycles. The van der Waals surface area contributed by atoms with E-state index >= 15 is 0 Å². The summed E-state index contributed by atoms with van der Waals surface area (Å²) in [6, 6.07) is 9.36. The summed E-state index contributed by atoms with van der Waals surface area (Å²) in [4.78, 5) is 28.1. The van der Waals surface area contributed by atoms with E-state index in [4.69, 9.17) is 9.47 Å². The fourth-order valence-corrected chi connectivity index (χ4v) is 5.19. The average Bonchev–Trinajstić information content (AvgIpc) is 3.38. The molecule has 1 atom stereocenters. The summed E-state index contributed by atoms with van der Waals surface area (Å²) >= 11 is 0. The lowest BCUT2D eigenvalue weighted by atomic mass is 10.1. The van der Waals surface area contributed by atoms with Gasteiger partial charge in [0.05, 0.1) is 26.2 Å². The molecule has 3 rings (SSSR count). The van der Waals surface area contributed by atoms with Gasteiger partial charge in [-0.2, -0.15) is 0 Å². The van der Waals surface area contributed by atoms with Gasteiger partial charge in [0.1, 0.15) is 29.9 Å². The number of benzene rings is 2. The van der Waals surface area contributed by atoms with Crippen molar-refractivity contribution in [2.75, 3.05) is 31.3 Å². The SMILES string of the molecule is COc1ccc(OC)c(N(CC(=O)N(Cc2ccc(F)cc2)[C@H](C)C(=O)NC2CCCC2)S(C)(=O)=O)c1. The molecule has 0 saturated heterocycles. The maximum absolute atomic E-state index is 13.7. The van der Waals surface area contributed by atoms with Gasteiger partial charge >= 0.3 is 0 Å². The third kappa shape index (κ3) is 7.34. The molecule has 1 aliphatic rings. The Kier molecular flexibility index (Phi) is 9.36. The summed E-state index contributed by atoms with van der Waals surface area (Å²) in [5.41, 5.74) is 0.725. The Labute approximate surface area is 217 Å². The minimum Gasteiger partial charge on any atom is -0.497 e. The van der Waals surface area contributed by atoms with E-state index < -0.39 is 34.3 Å². The Balaban J connectivity index is 1.93. The van der Waals surface area contributed by atoms with Crippen LogP contribution in [0.1, 0.15) is 38.2 Å². The highest BCUT2D eigenvalue weighted by Crippen LogP contribution is 2.34. The van der Waals surface area contributed by atoms with E-state index in [1.54, 1.807) is 19.1 Å². The molecule has 9 nitrogen and oxygen atoms in total. The molecule has 2 aromatic carbocycles. The predicted octanol–water partition coefficient (Wildman–Crippen LogP) is 3.09. The lowest BCUT2D eigenvalue weighted by Gasteiger charge is -2.32. The van der Waals surface area contributed by atoms with Gasteiger partial charge in [-0.15, -0.1) is 0 Å². The van der Waals surface area contributed by atoms with Crippen molar-refractivity contribution in [1.29, 1.82) is 0 Å². The maximum Gasteiger partial charge on any atom is 0.244 e. The second-order valence-corrected chi connectivity index (χ2v) is 11.0. The fourth-order valence-electron chi connectivity index (χ4n) is 4.35. The minimum absolute atomic E-state index is 0.00872. The van der Waals surface area contributed by atoms with Crippen molar-refractivity contribution in [1.82, 2.24) is 10.2 Å². The van der Waals surface area contributed by atoms with Crippen molar-refractivity contribution < 1.29 is 31.9 Å². The average molecular weight is 536 g/mol. The number of nitrogens with zero attached hydrogens (tertiary/aromatic N) is 2. The Morgan fingerprint density at radius 2 is 1.73 bits per heavy atom. The van der Waals surface area contributed by atoms with E-state index in [1.165, 1.54) is 49.5 Å². The smallest absolute Gasteiger partial charge is 0.244 e. The minimum atomic E-state index is -3.95. The predicted molar refractivity (Wildman–Crippen MR) is 139 cm³/mol. The van der Waals surface area contributed by atoms with Crippen LogP contribution in [-0.4, -0.2) is 64.2 Å². The summed E-state index contributed by atoms with van der Waals surface area (Å²) in [5, 5.41) is 3.00. The maximum atomic E-state index is 13.7. The number of nitrogens with one attached hydrogen (secondary N) is 1. The summed E-state index contributed by atoms with van der Waals surface area (Å²) in [6.07, 6.45) is 4.80. The number of carbonyl (C=O) groups is 2. The molecule has 202 valence electrons. The zero-order valence-corrected chi connectivity index (χ0v) is 22.4. The zero-order valence-electron chi connectivity index (χ0n) is 21.6. The number of anilines is 1. The molecule has 0 unspecified atom stereocenters. The van der Waals surface area contributed by atoms with Crippen LogP contribution < -0.4 is 19.1 Å². The van der Waals surface area contributed by atoms with Crippen molar-refractivity contribution in [3.05, 3.63) is 53.8 Å². The molecule has 2 aromatic rings. The molecule has 0 radical (unpaired) electrons. The van der Waals surface area contributed by atoms with Crippen LogP contribution in [0.25, 0.3) is 0 Å². The highest BCUT2D eigenvalue weighted by Gasteiger charge is 2.32. The lowest BCUT2D eigenvalue weighted by Crippen LogP contribution is -2.52. The van der Waals surface area contributed by atoms with Crippen LogP contribution in [0.2, 0.25) is 0 Å². The van der Waals surface area contributed by atoms with Crippen LogP contribution in [0.5, 0.6) is 11.5 Å². The molecule has 0 heterocycles. The molecule has 1 N–H and O–H groups in total. The number of amides is 2. The van der Waals surface area contributed by atoms with E-state index in [9.17, 15) is 22.4 Å². The molecule has 1 saturated carbocycles. The van der Waals surface area contributed by atoms with Crippen molar-refractivity contribution in [3.8, 4) is 11.5 Å². The number of halogens is 1. The number of carbonyl (C=O) groups excluding carboxylic acids is 2. The summed E-state index contributed by atoms with van der Waals surface area (Å²) in [7, 11) is -1.11. The van der Waals surface area contributed by atoms with E-state index in [-0.39, 0.29) is 29.9 Å². The Morgan fingerprint density at radius 1 is 1.08 bits per heavy atom. The van der Waals surface area contributed by atoms with E-state index in [2.05, 4.69) is 5.32 Å². The molecule has 0 spiro atoms. The first kappa shape index (κ1) is 28.2. The number of hydrogen-bond acceptors (Lipinski definition) is 6. The van der Waals surface area contributed by atoms with Gasteiger partial charge in [0, 0.05) is 18.7 Å². The van der Waals surface area contributed by atoms with Crippen LogP contribution in [0.4, 0.5) is 10.1 Å². The Bertz CT molecular complexity index is 1200. The van der Waals surface area contributed by atoms with Crippen molar-refractivity contribution >= 4 is 27.5 Å². The third-order valence-electron chi connectivity index (χ3n) is 6.47. The Hall–Kier alpha value is -3.34. The number of methoxy groups -OCH3 is 2. The van der Waals surface area contributed by atoms with Crippen LogP contribution in [-0.2, 0) is 26.2 Å². The van der Waals surface area contributed by atoms with Gasteiger partial charge in [0.25, 0.3) is 0 Å². The van der Waals surface area contributed by atoms with Crippen LogP contribution in [0.15, 0.2) is 42.5 Å². The first-order valence-electron chi connectivity index (χ1n) is 12.1. The van der Waals surface area contributed by atoms with Gasteiger partial charge in [-0.25, -0.2) is 12.8 Å². The topological polar surface area (TPSA) is 105 Å². The fraction of sp³-hybridized carbons (Fsp3) is 0.462. The monoisotopic (exact) mass is 535 g/mol. The number of ether oxygens (including phenoxy) is 2. The molecular weight excluding hydrogens is 501 g/mol. The summed E-state index contributed by atoms with van der Waals surface area (Å²) in [6.45, 7) is 1.01. The van der Waals surface area contributed by atoms with E-state index in [0.29, 0.717) is 11.3 Å². The number of hydrogen-bond donors (Lipinski definition) is 1. The largest absolute Gasteiger partial charge is 0.497 e. The van der Waals surface area contributed by atoms with Crippen LogP contribution in [0.3, 0.4) is 0 Å². The van der Waals surface area contributed by atoms with Crippen molar-refractivity contribution in [3.63, 3.8) is 0 Å². The van der Waals surface area contributed by atoms with Gasteiger partial charge in [0.2, 0.25) is 21.8 Å². The lowest BCUT2D eigenvalue weighted by molar-refractivity contribution is -0.139. The summed E-state index contributed by atoms with van der Waals surface area (Å²) < 4.78 is 50.6. The molecule has 2 amide bonds. The van der Waals surface area contributed by atoms with Crippen LogP contribution in [0, 0.1) is 5.82 Å². The van der Waals surface area contributed by atoms with Gasteiger partial charge in [0.15, 0.2) is 0 Å². The number of sulfonamides is 1. The molecule has 11 heteroatoms. The summed E-state index contributed by atoms with van der Waals surface area (Å²) in [5.74, 6) is -0.747. The molecular formula is C26H34FN3O6S. The second kappa shape index (κ2) is 12.3. The third-order valence-corrected chi connectivity index (χ3v) is 7.60. The first-order valence-corrected chi connectivity index (χ1v) is 13.9. The van der Waals surface area contributed by atoms with Crippen LogP contribution >= 0.6 is 0 Å². The standard InChI is InChI=1S/C26H34FN3O6S/c1-18(26(32)28-21-7-5-6-8-21)29(16-19-9-11-20(27)12-10-19)25(31)17-30(37(4,33)34)23-15-22(35-2)13-14-24(23)36-3/h9-15,18,21H,5-8,16-17H2,1-4H3,(H,28,32)/t18-/m1/s1. The highest BCUT2D eigenvalue weighted by atomic mass is 32.2. The van der Waals surface area contributed by atoms with E-state index in [1.807, 2.05) is 0 Å². The number of rotatable bonds is 11. The van der Waals surface area contributed by atoms with Gasteiger partial charge in [-0.05, 0) is 49.6 Å². The first-order chi connectivity index (χ1) is 17.5. The molecule has 37 heavy (non-hydrogen) atoms. The molecule has 0 aromatic heterocycles. The van der Waals surface area contributed by atoms with Gasteiger partial charge < -0.3 is 19.7 Å². The normalized spacial score (nSPS) is 14.6. The van der Waals surface area contributed by atoms with Crippen molar-refractivity contribution in [2.45, 2.75) is 51.2 Å². The Morgan fingerprint density at radius 3 is 2.30 bits per heavy atom. The van der Waals surface area contributed by atoms with E-state index in [0.717, 1.165) is 36.2 Å². The molecule has 0 aliphatic heterocycles. The van der Waals surface area contributed by atoms with Crippen molar-refractivity contribution in [2.24, 2.45) is 0 Å². The second-order valence-electron chi connectivity index (χ2n) is 9.12.